The zero-order chi connectivity index (χ0) is 8.55. The van der Waals surface area contributed by atoms with Crippen LogP contribution in [-0.2, 0) is 11.3 Å². The zero-order valence-corrected chi connectivity index (χ0v) is 7.63. The average molecular weight is 229 g/mol. The van der Waals surface area contributed by atoms with Crippen LogP contribution >= 0.6 is 15.9 Å². The topological polar surface area (TPSA) is 35.5 Å². The number of cyclic esters (lactones) is 1. The Hall–Kier alpha value is -1.03. The van der Waals surface area contributed by atoms with Crippen molar-refractivity contribution in [1.82, 2.24) is 0 Å². The summed E-state index contributed by atoms with van der Waals surface area (Å²) in [6.45, 7) is 0.293. The van der Waals surface area contributed by atoms with E-state index in [1.165, 1.54) is 0 Å². The SMILES string of the molecule is O=C1OCc2ccc(Br)cc2O1. The molecular formula is C8H5BrO3. The van der Waals surface area contributed by atoms with E-state index in [1.54, 1.807) is 6.07 Å². The highest BCUT2D eigenvalue weighted by atomic mass is 79.9. The molecule has 0 unspecified atom stereocenters. The summed E-state index contributed by atoms with van der Waals surface area (Å²) in [4.78, 5) is 10.7. The molecule has 0 radical (unpaired) electrons. The summed E-state index contributed by atoms with van der Waals surface area (Å²) >= 11 is 3.28. The van der Waals surface area contributed by atoms with Crippen LogP contribution in [0.1, 0.15) is 5.56 Å². The predicted octanol–water partition coefficient (Wildman–Crippen LogP) is 2.48. The molecule has 62 valence electrons. The van der Waals surface area contributed by atoms with Gasteiger partial charge in [0.1, 0.15) is 12.4 Å². The Morgan fingerprint density at radius 1 is 1.42 bits per heavy atom. The van der Waals surface area contributed by atoms with Crippen molar-refractivity contribution in [2.75, 3.05) is 0 Å². The minimum Gasteiger partial charge on any atom is -0.429 e. The smallest absolute Gasteiger partial charge is 0.429 e. The van der Waals surface area contributed by atoms with Gasteiger partial charge < -0.3 is 9.47 Å². The van der Waals surface area contributed by atoms with Gasteiger partial charge in [-0.05, 0) is 12.1 Å². The minimum absolute atomic E-state index is 0.293. The first-order valence-corrected chi connectivity index (χ1v) is 4.18. The number of hydrogen-bond donors (Lipinski definition) is 0. The summed E-state index contributed by atoms with van der Waals surface area (Å²) in [5.74, 6) is 0.570. The minimum atomic E-state index is -0.638. The Labute approximate surface area is 77.4 Å². The third-order valence-electron chi connectivity index (χ3n) is 1.57. The lowest BCUT2D eigenvalue weighted by atomic mass is 10.2. The molecular weight excluding hydrogens is 224 g/mol. The van der Waals surface area contributed by atoms with E-state index in [2.05, 4.69) is 20.7 Å². The fourth-order valence-corrected chi connectivity index (χ4v) is 1.34. The summed E-state index contributed by atoms with van der Waals surface area (Å²) in [6.07, 6.45) is -0.638. The lowest BCUT2D eigenvalue weighted by Gasteiger charge is -2.15. The fraction of sp³-hybridized carbons (Fsp3) is 0.125. The monoisotopic (exact) mass is 228 g/mol. The number of fused-ring (bicyclic) bond motifs is 1. The molecule has 1 aliphatic rings. The highest BCUT2D eigenvalue weighted by Crippen LogP contribution is 2.27. The van der Waals surface area contributed by atoms with Crippen LogP contribution in [0.4, 0.5) is 4.79 Å². The van der Waals surface area contributed by atoms with Crippen LogP contribution in [0.15, 0.2) is 22.7 Å². The number of benzene rings is 1. The first-order valence-electron chi connectivity index (χ1n) is 3.39. The van der Waals surface area contributed by atoms with Crippen LogP contribution in [0.5, 0.6) is 5.75 Å². The van der Waals surface area contributed by atoms with Crippen molar-refractivity contribution >= 4 is 22.1 Å². The maximum absolute atomic E-state index is 10.7. The lowest BCUT2D eigenvalue weighted by Crippen LogP contribution is -2.16. The van der Waals surface area contributed by atoms with Gasteiger partial charge >= 0.3 is 6.16 Å². The molecule has 1 aromatic carbocycles. The maximum atomic E-state index is 10.7. The van der Waals surface area contributed by atoms with Crippen LogP contribution in [0, 0.1) is 0 Å². The molecule has 0 saturated heterocycles. The van der Waals surface area contributed by atoms with Crippen LogP contribution in [0.2, 0.25) is 0 Å². The summed E-state index contributed by atoms with van der Waals surface area (Å²) in [5.41, 5.74) is 0.887. The van der Waals surface area contributed by atoms with Crippen LogP contribution in [-0.4, -0.2) is 6.16 Å². The molecule has 0 saturated carbocycles. The number of halogens is 1. The van der Waals surface area contributed by atoms with Crippen molar-refractivity contribution in [2.24, 2.45) is 0 Å². The molecule has 3 nitrogen and oxygen atoms in total. The molecule has 0 fully saturated rings. The van der Waals surface area contributed by atoms with E-state index in [9.17, 15) is 4.79 Å². The predicted molar refractivity (Wildman–Crippen MR) is 45.0 cm³/mol. The van der Waals surface area contributed by atoms with Crippen molar-refractivity contribution in [1.29, 1.82) is 0 Å². The molecule has 12 heavy (non-hydrogen) atoms. The number of rotatable bonds is 0. The van der Waals surface area contributed by atoms with Crippen LogP contribution < -0.4 is 4.74 Å². The Bertz CT molecular complexity index is 335. The van der Waals surface area contributed by atoms with E-state index in [0.717, 1.165) is 10.0 Å². The first kappa shape index (κ1) is 7.61. The normalized spacial score (nSPS) is 14.6. The Kier molecular flexibility index (Phi) is 1.77. The van der Waals surface area contributed by atoms with Gasteiger partial charge in [0.2, 0.25) is 0 Å². The van der Waals surface area contributed by atoms with Gasteiger partial charge in [0.25, 0.3) is 0 Å². The third kappa shape index (κ3) is 1.30. The summed E-state index contributed by atoms with van der Waals surface area (Å²) in [5, 5.41) is 0. The number of ether oxygens (including phenoxy) is 2. The first-order chi connectivity index (χ1) is 5.75. The van der Waals surface area contributed by atoms with Gasteiger partial charge in [0, 0.05) is 10.0 Å². The molecule has 0 amide bonds. The molecule has 4 heteroatoms. The molecule has 0 aliphatic carbocycles. The Morgan fingerprint density at radius 3 is 3.08 bits per heavy atom. The Morgan fingerprint density at radius 2 is 2.25 bits per heavy atom. The standard InChI is InChI=1S/C8H5BrO3/c9-6-2-1-5-4-11-8(10)12-7(5)3-6/h1-3H,4H2. The molecule has 2 rings (SSSR count). The molecule has 1 aliphatic heterocycles. The molecule has 1 heterocycles. The second-order valence-electron chi connectivity index (χ2n) is 2.39. The van der Waals surface area contributed by atoms with Gasteiger partial charge in [0.05, 0.1) is 0 Å². The van der Waals surface area contributed by atoms with E-state index < -0.39 is 6.16 Å². The largest absolute Gasteiger partial charge is 0.514 e. The molecule has 0 atom stereocenters. The van der Waals surface area contributed by atoms with Crippen LogP contribution in [0.3, 0.4) is 0 Å². The van der Waals surface area contributed by atoms with E-state index in [4.69, 9.17) is 4.74 Å². The van der Waals surface area contributed by atoms with E-state index in [0.29, 0.717) is 12.4 Å². The van der Waals surface area contributed by atoms with E-state index >= 15 is 0 Å². The van der Waals surface area contributed by atoms with Crippen molar-refractivity contribution in [2.45, 2.75) is 6.61 Å². The van der Waals surface area contributed by atoms with Crippen molar-refractivity contribution in [3.8, 4) is 5.75 Å². The number of carbonyl (C=O) groups excluding carboxylic acids is 1. The van der Waals surface area contributed by atoms with Crippen LogP contribution in [0.25, 0.3) is 0 Å². The zero-order valence-electron chi connectivity index (χ0n) is 6.04. The lowest BCUT2D eigenvalue weighted by molar-refractivity contribution is 0.0785. The second-order valence-corrected chi connectivity index (χ2v) is 3.31. The second kappa shape index (κ2) is 2.79. The average Bonchev–Trinajstić information content (AvgIpc) is 2.03. The van der Waals surface area contributed by atoms with Gasteiger partial charge in [0.15, 0.2) is 0 Å². The quantitative estimate of drug-likeness (QED) is 0.506. The van der Waals surface area contributed by atoms with Gasteiger partial charge in [-0.3, -0.25) is 0 Å². The summed E-state index contributed by atoms with van der Waals surface area (Å²) < 4.78 is 10.4. The molecule has 0 N–H and O–H groups in total. The van der Waals surface area contributed by atoms with Gasteiger partial charge in [-0.25, -0.2) is 4.79 Å². The molecule has 1 aromatic rings. The van der Waals surface area contributed by atoms with Crippen molar-refractivity contribution in [3.05, 3.63) is 28.2 Å². The molecule has 0 bridgehead atoms. The van der Waals surface area contributed by atoms with Crippen molar-refractivity contribution in [3.63, 3.8) is 0 Å². The third-order valence-corrected chi connectivity index (χ3v) is 2.06. The van der Waals surface area contributed by atoms with E-state index in [-0.39, 0.29) is 0 Å². The highest BCUT2D eigenvalue weighted by molar-refractivity contribution is 9.10. The van der Waals surface area contributed by atoms with Gasteiger partial charge in [-0.1, -0.05) is 22.0 Å². The summed E-state index contributed by atoms with van der Waals surface area (Å²) in [6, 6.07) is 5.48. The molecule has 0 spiro atoms. The number of carbonyl (C=O) groups is 1. The highest BCUT2D eigenvalue weighted by Gasteiger charge is 2.17. The summed E-state index contributed by atoms with van der Waals surface area (Å²) in [7, 11) is 0. The van der Waals surface area contributed by atoms with Crippen molar-refractivity contribution < 1.29 is 14.3 Å². The molecule has 0 aromatic heterocycles. The Balaban J connectivity index is 2.44. The number of hydrogen-bond acceptors (Lipinski definition) is 3. The maximum Gasteiger partial charge on any atom is 0.514 e. The van der Waals surface area contributed by atoms with Gasteiger partial charge in [-0.15, -0.1) is 0 Å². The van der Waals surface area contributed by atoms with Gasteiger partial charge in [-0.2, -0.15) is 0 Å². The fourth-order valence-electron chi connectivity index (χ4n) is 0.999. The van der Waals surface area contributed by atoms with E-state index in [1.807, 2.05) is 12.1 Å².